The number of pyridine rings is 1. The lowest BCUT2D eigenvalue weighted by Crippen LogP contribution is -2.43. The normalized spacial score (nSPS) is 12.7. The van der Waals surface area contributed by atoms with E-state index in [0.29, 0.717) is 6.92 Å². The summed E-state index contributed by atoms with van der Waals surface area (Å²) in [6, 6.07) is 2.38. The molecule has 0 spiro atoms. The minimum Gasteiger partial charge on any atom is -0.344 e. The first kappa shape index (κ1) is 22.8. The van der Waals surface area contributed by atoms with Crippen molar-refractivity contribution in [2.45, 2.75) is 24.0 Å². The number of aromatic nitrogens is 2. The Bertz CT molecular complexity index is 1190. The molecular formula is C16H12F4N6O3S. The highest BCUT2D eigenvalue weighted by Gasteiger charge is 2.40. The molecule has 30 heavy (non-hydrogen) atoms. The molecule has 9 nitrogen and oxygen atoms in total. The molecule has 0 unspecified atom stereocenters. The van der Waals surface area contributed by atoms with Gasteiger partial charge >= 0.3 is 6.18 Å². The third-order valence-electron chi connectivity index (χ3n) is 3.78. The first-order valence-corrected chi connectivity index (χ1v) is 9.36. The number of carbonyl (C=O) groups is 1. The van der Waals surface area contributed by atoms with Gasteiger partial charge in [-0.15, -0.1) is 0 Å². The van der Waals surface area contributed by atoms with Crippen LogP contribution in [0.1, 0.15) is 28.7 Å². The molecule has 0 fully saturated rings. The summed E-state index contributed by atoms with van der Waals surface area (Å²) in [6.45, 7) is 0.577. The van der Waals surface area contributed by atoms with Gasteiger partial charge in [0.25, 0.3) is 5.91 Å². The Morgan fingerprint density at radius 3 is 2.43 bits per heavy atom. The Balaban J connectivity index is 2.44. The quantitative estimate of drug-likeness (QED) is 0.674. The topological polar surface area (TPSA) is 141 Å². The average Bonchev–Trinajstić information content (AvgIpc) is 2.99. The number of aryl methyl sites for hydroxylation is 1. The van der Waals surface area contributed by atoms with Gasteiger partial charge in [-0.2, -0.15) is 28.4 Å². The van der Waals surface area contributed by atoms with E-state index in [2.05, 4.69) is 10.3 Å². The van der Waals surface area contributed by atoms with Crippen molar-refractivity contribution >= 4 is 21.7 Å². The van der Waals surface area contributed by atoms with E-state index in [1.54, 1.807) is 0 Å². The maximum absolute atomic E-state index is 13.3. The van der Waals surface area contributed by atoms with Gasteiger partial charge < -0.3 is 9.88 Å². The fraction of sp³-hybridized carbons (Fsp3) is 0.250. The van der Waals surface area contributed by atoms with Gasteiger partial charge in [0.15, 0.2) is 11.5 Å². The van der Waals surface area contributed by atoms with Gasteiger partial charge in [-0.25, -0.2) is 17.8 Å². The predicted molar refractivity (Wildman–Crippen MR) is 92.8 cm³/mol. The zero-order valence-electron chi connectivity index (χ0n) is 15.2. The maximum Gasteiger partial charge on any atom is 0.404 e. The Kier molecular flexibility index (Phi) is 6.15. The van der Waals surface area contributed by atoms with Gasteiger partial charge in [-0.3, -0.25) is 4.79 Å². The van der Waals surface area contributed by atoms with Crippen LogP contribution >= 0.6 is 0 Å². The van der Waals surface area contributed by atoms with Crippen LogP contribution in [-0.4, -0.2) is 36.1 Å². The summed E-state index contributed by atoms with van der Waals surface area (Å²) < 4.78 is 78.5. The van der Waals surface area contributed by atoms with Crippen LogP contribution < -0.4 is 10.0 Å². The van der Waals surface area contributed by atoms with Crippen molar-refractivity contribution in [3.8, 4) is 12.1 Å². The van der Waals surface area contributed by atoms with E-state index in [1.165, 1.54) is 23.9 Å². The molecule has 2 aromatic heterocycles. The summed E-state index contributed by atoms with van der Waals surface area (Å²) in [5.41, 5.74) is -1.82. The van der Waals surface area contributed by atoms with E-state index in [0.717, 1.165) is 22.9 Å². The number of carbonyl (C=O) groups excluding carboxylic acids is 1. The molecule has 2 heterocycles. The van der Waals surface area contributed by atoms with Crippen LogP contribution in [0.3, 0.4) is 0 Å². The molecule has 2 N–H and O–H groups in total. The van der Waals surface area contributed by atoms with Crippen LogP contribution in [0.4, 0.5) is 23.4 Å². The van der Waals surface area contributed by atoms with Crippen molar-refractivity contribution in [2.75, 3.05) is 5.32 Å². The van der Waals surface area contributed by atoms with Crippen LogP contribution in [0.5, 0.6) is 0 Å². The summed E-state index contributed by atoms with van der Waals surface area (Å²) in [7, 11) is -3.62. The van der Waals surface area contributed by atoms with Crippen molar-refractivity contribution in [3.63, 3.8) is 0 Å². The van der Waals surface area contributed by atoms with Crippen LogP contribution in [0.25, 0.3) is 0 Å². The van der Waals surface area contributed by atoms with Crippen LogP contribution in [-0.2, 0) is 17.1 Å². The fourth-order valence-corrected chi connectivity index (χ4v) is 3.75. The molecule has 0 saturated heterocycles. The second-order valence-corrected chi connectivity index (χ2v) is 7.60. The average molecular weight is 444 g/mol. The van der Waals surface area contributed by atoms with Crippen molar-refractivity contribution in [1.29, 1.82) is 10.5 Å². The third-order valence-corrected chi connectivity index (χ3v) is 5.33. The van der Waals surface area contributed by atoms with Gasteiger partial charge in [-0.05, 0) is 19.1 Å². The monoisotopic (exact) mass is 444 g/mol. The van der Waals surface area contributed by atoms with Gasteiger partial charge in [0.05, 0.1) is 0 Å². The Labute approximate surface area is 167 Å². The number of halogens is 4. The number of hydrogen-bond acceptors (Lipinski definition) is 6. The predicted octanol–water partition coefficient (Wildman–Crippen LogP) is 1.78. The van der Waals surface area contributed by atoms with Gasteiger partial charge in [0.1, 0.15) is 40.2 Å². The molecule has 0 aromatic carbocycles. The van der Waals surface area contributed by atoms with Gasteiger partial charge in [-0.1, -0.05) is 0 Å². The number of hydrogen-bond donors (Lipinski definition) is 2. The number of nitrogens with one attached hydrogen (secondary N) is 2. The highest BCUT2D eigenvalue weighted by atomic mass is 32.2. The van der Waals surface area contributed by atoms with E-state index in [4.69, 9.17) is 5.26 Å². The maximum atomic E-state index is 13.3. The minimum atomic E-state index is -4.87. The second kappa shape index (κ2) is 8.10. The summed E-state index contributed by atoms with van der Waals surface area (Å²) in [5.74, 6) is -2.26. The molecule has 0 aliphatic carbocycles. The minimum absolute atomic E-state index is 0.267. The largest absolute Gasteiger partial charge is 0.404 e. The standard InChI is InChI=1S/C16H12F4N6O3S/c1-8(16(18,19)20)25-30(28,29)12-7-26(2)14(9(12)5-21)15(27)24-13-4-3-10(17)11(6-22)23-13/h3-4,7-8,25H,1-2H3,(H,23,24,27)/t8-/m1/s1. The molecule has 0 bridgehead atoms. The smallest absolute Gasteiger partial charge is 0.344 e. The molecule has 0 radical (unpaired) electrons. The van der Waals surface area contributed by atoms with E-state index in [-0.39, 0.29) is 5.82 Å². The molecule has 14 heteroatoms. The lowest BCUT2D eigenvalue weighted by atomic mass is 10.2. The van der Waals surface area contributed by atoms with E-state index in [1.807, 2.05) is 0 Å². The van der Waals surface area contributed by atoms with Crippen molar-refractivity contribution in [3.05, 3.63) is 41.1 Å². The Morgan fingerprint density at radius 1 is 1.27 bits per heavy atom. The summed E-state index contributed by atoms with van der Waals surface area (Å²) >= 11 is 0. The first-order valence-electron chi connectivity index (χ1n) is 7.88. The molecule has 2 rings (SSSR count). The number of anilines is 1. The van der Waals surface area contributed by atoms with Crippen molar-refractivity contribution < 1.29 is 30.8 Å². The number of amides is 1. The van der Waals surface area contributed by atoms with Crippen molar-refractivity contribution in [1.82, 2.24) is 14.3 Å². The number of sulfonamides is 1. The molecule has 1 amide bonds. The summed E-state index contributed by atoms with van der Waals surface area (Å²) in [4.78, 5) is 15.2. The SMILES string of the molecule is C[C@@H](NS(=O)(=O)c1cn(C)c(C(=O)Nc2ccc(F)c(C#N)n2)c1C#N)C(F)(F)F. The summed E-state index contributed by atoms with van der Waals surface area (Å²) in [5, 5.41) is 20.3. The second-order valence-electron chi connectivity index (χ2n) is 5.92. The highest BCUT2D eigenvalue weighted by Crippen LogP contribution is 2.25. The molecule has 0 aliphatic rings. The van der Waals surface area contributed by atoms with Gasteiger partial charge in [0, 0.05) is 13.2 Å². The summed E-state index contributed by atoms with van der Waals surface area (Å²) in [6.07, 6.45) is -4.07. The van der Waals surface area contributed by atoms with Crippen LogP contribution in [0, 0.1) is 28.5 Å². The van der Waals surface area contributed by atoms with E-state index < -0.39 is 55.8 Å². The Hall–Kier alpha value is -3.49. The van der Waals surface area contributed by atoms with E-state index in [9.17, 15) is 36.0 Å². The number of nitriles is 2. The lowest BCUT2D eigenvalue weighted by molar-refractivity contribution is -0.147. The van der Waals surface area contributed by atoms with Crippen LogP contribution in [0.15, 0.2) is 23.2 Å². The zero-order chi connectivity index (χ0) is 22.9. The molecule has 0 aliphatic heterocycles. The number of nitrogens with zero attached hydrogens (tertiary/aromatic N) is 4. The zero-order valence-corrected chi connectivity index (χ0v) is 16.1. The fourth-order valence-electron chi connectivity index (χ4n) is 2.31. The Morgan fingerprint density at radius 2 is 1.90 bits per heavy atom. The lowest BCUT2D eigenvalue weighted by Gasteiger charge is -2.16. The third kappa shape index (κ3) is 4.56. The highest BCUT2D eigenvalue weighted by molar-refractivity contribution is 7.89. The molecule has 2 aromatic rings. The molecule has 158 valence electrons. The number of rotatable bonds is 5. The van der Waals surface area contributed by atoms with Gasteiger partial charge in [0.2, 0.25) is 10.0 Å². The van der Waals surface area contributed by atoms with Crippen molar-refractivity contribution in [2.24, 2.45) is 7.05 Å². The molecule has 1 atom stereocenters. The first-order chi connectivity index (χ1) is 13.8. The van der Waals surface area contributed by atoms with Crippen LogP contribution in [0.2, 0.25) is 0 Å². The van der Waals surface area contributed by atoms with E-state index >= 15 is 0 Å². The molecular weight excluding hydrogens is 432 g/mol. The molecule has 0 saturated carbocycles. The number of alkyl halides is 3.